The Labute approximate surface area is 106 Å². The van der Waals surface area contributed by atoms with E-state index in [0.29, 0.717) is 12.4 Å². The van der Waals surface area contributed by atoms with E-state index in [1.807, 2.05) is 31.2 Å². The molecule has 0 bridgehead atoms. The average Bonchev–Trinajstić information content (AvgIpc) is 2.30. The van der Waals surface area contributed by atoms with E-state index in [4.69, 9.17) is 23.2 Å². The zero-order chi connectivity index (χ0) is 12.0. The van der Waals surface area contributed by atoms with Gasteiger partial charge in [-0.1, -0.05) is 30.7 Å². The van der Waals surface area contributed by atoms with Crippen LogP contribution in [-0.2, 0) is 11.2 Å². The number of hydrogen-bond donors (Lipinski definition) is 1. The van der Waals surface area contributed by atoms with Crippen molar-refractivity contribution in [3.8, 4) is 0 Å². The van der Waals surface area contributed by atoms with Crippen molar-refractivity contribution in [2.45, 2.75) is 13.3 Å². The molecule has 4 heteroatoms. The standard InChI is InChI=1S/C12H15Cl2NO/c1-9(8-13)12(16)15-7-6-10-2-4-11(14)5-3-10/h2-5,9H,6-8H2,1H3,(H,15,16). The van der Waals surface area contributed by atoms with Gasteiger partial charge in [0.1, 0.15) is 0 Å². The van der Waals surface area contributed by atoms with Gasteiger partial charge in [-0.25, -0.2) is 0 Å². The summed E-state index contributed by atoms with van der Waals surface area (Å²) in [4.78, 5) is 11.4. The Morgan fingerprint density at radius 1 is 1.38 bits per heavy atom. The normalized spacial score (nSPS) is 12.2. The maximum absolute atomic E-state index is 11.4. The Morgan fingerprint density at radius 3 is 2.56 bits per heavy atom. The van der Waals surface area contributed by atoms with Crippen LogP contribution in [0.25, 0.3) is 0 Å². The molecule has 0 saturated carbocycles. The molecule has 0 aliphatic rings. The van der Waals surface area contributed by atoms with Crippen LogP contribution in [0.2, 0.25) is 5.02 Å². The molecule has 0 fully saturated rings. The van der Waals surface area contributed by atoms with Gasteiger partial charge < -0.3 is 5.32 Å². The molecule has 0 aliphatic carbocycles. The van der Waals surface area contributed by atoms with Gasteiger partial charge in [-0.3, -0.25) is 4.79 Å². The topological polar surface area (TPSA) is 29.1 Å². The number of carbonyl (C=O) groups excluding carboxylic acids is 1. The Kier molecular flexibility index (Phi) is 5.64. The van der Waals surface area contributed by atoms with Crippen molar-refractivity contribution in [2.24, 2.45) is 5.92 Å². The first-order chi connectivity index (χ1) is 7.63. The Morgan fingerprint density at radius 2 is 2.00 bits per heavy atom. The summed E-state index contributed by atoms with van der Waals surface area (Å²) in [6.07, 6.45) is 0.803. The molecule has 1 N–H and O–H groups in total. The molecule has 1 rings (SSSR count). The molecule has 0 saturated heterocycles. The monoisotopic (exact) mass is 259 g/mol. The lowest BCUT2D eigenvalue weighted by atomic mass is 10.1. The third-order valence-corrected chi connectivity index (χ3v) is 3.02. The summed E-state index contributed by atoms with van der Waals surface area (Å²) < 4.78 is 0. The van der Waals surface area contributed by atoms with Gasteiger partial charge in [0.15, 0.2) is 0 Å². The van der Waals surface area contributed by atoms with E-state index in [9.17, 15) is 4.79 Å². The van der Waals surface area contributed by atoms with E-state index in [1.165, 1.54) is 0 Å². The van der Waals surface area contributed by atoms with Crippen molar-refractivity contribution in [1.82, 2.24) is 5.32 Å². The second-order valence-electron chi connectivity index (χ2n) is 3.72. The SMILES string of the molecule is CC(CCl)C(=O)NCCc1ccc(Cl)cc1. The van der Waals surface area contributed by atoms with Crippen LogP contribution in [0, 0.1) is 5.92 Å². The maximum atomic E-state index is 11.4. The highest BCUT2D eigenvalue weighted by Crippen LogP contribution is 2.09. The number of halogens is 2. The number of amides is 1. The molecule has 2 nitrogen and oxygen atoms in total. The van der Waals surface area contributed by atoms with Crippen LogP contribution in [0.4, 0.5) is 0 Å². The first kappa shape index (κ1) is 13.3. The van der Waals surface area contributed by atoms with Crippen LogP contribution in [0.1, 0.15) is 12.5 Å². The van der Waals surface area contributed by atoms with Crippen LogP contribution < -0.4 is 5.32 Å². The second-order valence-corrected chi connectivity index (χ2v) is 4.47. The van der Waals surface area contributed by atoms with E-state index in [2.05, 4.69) is 5.32 Å². The van der Waals surface area contributed by atoms with E-state index < -0.39 is 0 Å². The highest BCUT2D eigenvalue weighted by atomic mass is 35.5. The van der Waals surface area contributed by atoms with Crippen LogP contribution in [0.3, 0.4) is 0 Å². The minimum atomic E-state index is -0.133. The number of nitrogens with one attached hydrogen (secondary N) is 1. The molecular weight excluding hydrogens is 245 g/mol. The number of alkyl halides is 1. The minimum absolute atomic E-state index is 0.00367. The summed E-state index contributed by atoms with van der Waals surface area (Å²) in [7, 11) is 0. The molecule has 1 amide bonds. The lowest BCUT2D eigenvalue weighted by Crippen LogP contribution is -2.31. The summed E-state index contributed by atoms with van der Waals surface area (Å²) in [5.41, 5.74) is 1.16. The summed E-state index contributed by atoms with van der Waals surface area (Å²) in [6.45, 7) is 2.44. The van der Waals surface area contributed by atoms with Crippen LogP contribution in [-0.4, -0.2) is 18.3 Å². The fourth-order valence-corrected chi connectivity index (χ4v) is 1.49. The van der Waals surface area contributed by atoms with Crippen LogP contribution in [0.15, 0.2) is 24.3 Å². The highest BCUT2D eigenvalue weighted by molar-refractivity contribution is 6.30. The molecule has 0 radical (unpaired) electrons. The minimum Gasteiger partial charge on any atom is -0.356 e. The number of rotatable bonds is 5. The molecule has 16 heavy (non-hydrogen) atoms. The third-order valence-electron chi connectivity index (χ3n) is 2.31. The molecule has 1 aromatic rings. The van der Waals surface area contributed by atoms with Gasteiger partial charge in [0, 0.05) is 23.4 Å². The molecule has 88 valence electrons. The highest BCUT2D eigenvalue weighted by Gasteiger charge is 2.09. The van der Waals surface area contributed by atoms with Crippen molar-refractivity contribution >= 4 is 29.1 Å². The lowest BCUT2D eigenvalue weighted by molar-refractivity contribution is -0.123. The second kappa shape index (κ2) is 6.77. The molecular formula is C12H15Cl2NO. The predicted octanol–water partition coefficient (Wildman–Crippen LogP) is 2.87. The third kappa shape index (κ3) is 4.42. The Hall–Kier alpha value is -0.730. The van der Waals surface area contributed by atoms with Gasteiger partial charge in [0.05, 0.1) is 0 Å². The van der Waals surface area contributed by atoms with E-state index in [0.717, 1.165) is 17.0 Å². The summed E-state index contributed by atoms with van der Waals surface area (Å²) in [5, 5.41) is 3.57. The first-order valence-electron chi connectivity index (χ1n) is 5.21. The smallest absolute Gasteiger partial charge is 0.224 e. The molecule has 1 atom stereocenters. The largest absolute Gasteiger partial charge is 0.356 e. The molecule has 0 aromatic heterocycles. The molecule has 0 aliphatic heterocycles. The first-order valence-corrected chi connectivity index (χ1v) is 6.13. The van der Waals surface area contributed by atoms with Crippen LogP contribution >= 0.6 is 23.2 Å². The predicted molar refractivity (Wildman–Crippen MR) is 68.0 cm³/mol. The van der Waals surface area contributed by atoms with Gasteiger partial charge in [-0.15, -0.1) is 11.6 Å². The van der Waals surface area contributed by atoms with Gasteiger partial charge >= 0.3 is 0 Å². The van der Waals surface area contributed by atoms with Gasteiger partial charge in [0.2, 0.25) is 5.91 Å². The van der Waals surface area contributed by atoms with Crippen molar-refractivity contribution in [2.75, 3.05) is 12.4 Å². The number of hydrogen-bond acceptors (Lipinski definition) is 1. The Balaban J connectivity index is 2.30. The van der Waals surface area contributed by atoms with E-state index >= 15 is 0 Å². The van der Waals surface area contributed by atoms with Crippen molar-refractivity contribution < 1.29 is 4.79 Å². The number of benzene rings is 1. The average molecular weight is 260 g/mol. The fourth-order valence-electron chi connectivity index (χ4n) is 1.23. The van der Waals surface area contributed by atoms with Gasteiger partial charge in [-0.2, -0.15) is 0 Å². The quantitative estimate of drug-likeness (QED) is 0.810. The maximum Gasteiger partial charge on any atom is 0.224 e. The lowest BCUT2D eigenvalue weighted by Gasteiger charge is -2.09. The zero-order valence-electron chi connectivity index (χ0n) is 9.17. The van der Waals surface area contributed by atoms with E-state index in [-0.39, 0.29) is 11.8 Å². The summed E-state index contributed by atoms with van der Waals surface area (Å²) in [5.74, 6) is 0.225. The Bertz CT molecular complexity index is 337. The molecule has 1 unspecified atom stereocenters. The van der Waals surface area contributed by atoms with Gasteiger partial charge in [-0.05, 0) is 24.1 Å². The van der Waals surface area contributed by atoms with Crippen LogP contribution in [0.5, 0.6) is 0 Å². The van der Waals surface area contributed by atoms with Gasteiger partial charge in [0.25, 0.3) is 0 Å². The van der Waals surface area contributed by atoms with Crippen molar-refractivity contribution in [1.29, 1.82) is 0 Å². The summed E-state index contributed by atoms with van der Waals surface area (Å²) in [6, 6.07) is 7.61. The molecule has 1 aromatic carbocycles. The zero-order valence-corrected chi connectivity index (χ0v) is 10.7. The molecule has 0 heterocycles. The number of carbonyl (C=O) groups is 1. The van der Waals surface area contributed by atoms with Crippen molar-refractivity contribution in [3.05, 3.63) is 34.9 Å². The molecule has 0 spiro atoms. The fraction of sp³-hybridized carbons (Fsp3) is 0.417. The summed E-state index contributed by atoms with van der Waals surface area (Å²) >= 11 is 11.4. The van der Waals surface area contributed by atoms with Crippen molar-refractivity contribution in [3.63, 3.8) is 0 Å². The van der Waals surface area contributed by atoms with E-state index in [1.54, 1.807) is 0 Å².